The first-order chi connectivity index (χ1) is 5.97. The number of hydrogen-bond donors (Lipinski definition) is 2. The van der Waals surface area contributed by atoms with Gasteiger partial charge >= 0.3 is 0 Å². The van der Waals surface area contributed by atoms with Gasteiger partial charge in [-0.3, -0.25) is 0 Å². The molecule has 0 radical (unpaired) electrons. The van der Waals surface area contributed by atoms with Crippen LogP contribution in [-0.4, -0.2) is 23.3 Å². The van der Waals surface area contributed by atoms with E-state index in [9.17, 15) is 5.11 Å². The lowest BCUT2D eigenvalue weighted by atomic mass is 9.99. The van der Waals surface area contributed by atoms with Gasteiger partial charge in [-0.1, -0.05) is 20.3 Å². The molecule has 0 fully saturated rings. The molecule has 0 spiro atoms. The molecule has 0 saturated heterocycles. The summed E-state index contributed by atoms with van der Waals surface area (Å²) < 4.78 is 0. The molecule has 2 nitrogen and oxygen atoms in total. The molecule has 0 bridgehead atoms. The molecule has 0 aliphatic heterocycles. The summed E-state index contributed by atoms with van der Waals surface area (Å²) in [4.78, 5) is 0. The summed E-state index contributed by atoms with van der Waals surface area (Å²) in [5, 5.41) is 12.7. The van der Waals surface area contributed by atoms with E-state index in [1.54, 1.807) is 0 Å². The van der Waals surface area contributed by atoms with Crippen LogP contribution in [0.25, 0.3) is 0 Å². The lowest BCUT2D eigenvalue weighted by Crippen LogP contribution is -2.41. The van der Waals surface area contributed by atoms with E-state index in [-0.39, 0.29) is 12.1 Å². The Balaban J connectivity index is 3.67. The third-order valence-electron chi connectivity index (χ3n) is 2.72. The van der Waals surface area contributed by atoms with Gasteiger partial charge in [-0.25, -0.2) is 0 Å². The third kappa shape index (κ3) is 6.05. The molecule has 0 amide bonds. The van der Waals surface area contributed by atoms with Gasteiger partial charge in [-0.05, 0) is 33.1 Å². The largest absolute Gasteiger partial charge is 0.392 e. The zero-order valence-corrected chi connectivity index (χ0v) is 9.67. The van der Waals surface area contributed by atoms with Gasteiger partial charge in [-0.2, -0.15) is 0 Å². The number of nitrogens with one attached hydrogen (secondary N) is 1. The molecule has 13 heavy (non-hydrogen) atoms. The fraction of sp³-hybridized carbons (Fsp3) is 1.00. The molecule has 0 aromatic rings. The fourth-order valence-electron chi connectivity index (χ4n) is 1.43. The number of aliphatic hydroxyl groups excluding tert-OH is 1. The molecule has 0 rings (SSSR count). The highest BCUT2D eigenvalue weighted by Crippen LogP contribution is 2.10. The van der Waals surface area contributed by atoms with Crippen LogP contribution in [0.3, 0.4) is 0 Å². The molecule has 0 heterocycles. The lowest BCUT2D eigenvalue weighted by molar-refractivity contribution is 0.144. The Bertz CT molecular complexity index is 125. The van der Waals surface area contributed by atoms with E-state index in [4.69, 9.17) is 0 Å². The van der Waals surface area contributed by atoms with E-state index in [2.05, 4.69) is 26.1 Å². The highest BCUT2D eigenvalue weighted by atomic mass is 16.3. The van der Waals surface area contributed by atoms with Crippen LogP contribution >= 0.6 is 0 Å². The van der Waals surface area contributed by atoms with Gasteiger partial charge in [0.2, 0.25) is 0 Å². The Kier molecular flexibility index (Phi) is 6.35. The maximum Gasteiger partial charge on any atom is 0.0662 e. The maximum atomic E-state index is 9.30. The minimum atomic E-state index is -0.264. The molecule has 4 atom stereocenters. The quantitative estimate of drug-likeness (QED) is 0.668. The van der Waals surface area contributed by atoms with Crippen molar-refractivity contribution in [1.82, 2.24) is 5.32 Å². The minimum Gasteiger partial charge on any atom is -0.392 e. The first-order valence-electron chi connectivity index (χ1n) is 5.41. The summed E-state index contributed by atoms with van der Waals surface area (Å²) in [7, 11) is 0. The van der Waals surface area contributed by atoms with Crippen molar-refractivity contribution < 1.29 is 5.11 Å². The molecule has 80 valence electrons. The molecule has 0 saturated carbocycles. The molecule has 0 aromatic heterocycles. The van der Waals surface area contributed by atoms with E-state index in [1.165, 1.54) is 12.8 Å². The minimum absolute atomic E-state index is 0.194. The summed E-state index contributed by atoms with van der Waals surface area (Å²) in [5.41, 5.74) is 0. The van der Waals surface area contributed by atoms with Gasteiger partial charge in [0.05, 0.1) is 6.10 Å². The van der Waals surface area contributed by atoms with Gasteiger partial charge < -0.3 is 10.4 Å². The summed E-state index contributed by atoms with van der Waals surface area (Å²) in [6.07, 6.45) is 2.15. The lowest BCUT2D eigenvalue weighted by Gasteiger charge is -2.23. The second kappa shape index (κ2) is 6.39. The van der Waals surface area contributed by atoms with Crippen molar-refractivity contribution >= 4 is 0 Å². The number of rotatable bonds is 6. The molecule has 0 aliphatic carbocycles. The predicted molar refractivity (Wildman–Crippen MR) is 57.8 cm³/mol. The van der Waals surface area contributed by atoms with E-state index in [0.29, 0.717) is 6.04 Å². The Morgan fingerprint density at radius 3 is 2.08 bits per heavy atom. The van der Waals surface area contributed by atoms with Crippen molar-refractivity contribution in [2.45, 2.75) is 65.6 Å². The van der Waals surface area contributed by atoms with Crippen LogP contribution in [0.5, 0.6) is 0 Å². The van der Waals surface area contributed by atoms with Crippen molar-refractivity contribution in [3.05, 3.63) is 0 Å². The standard InChI is InChI=1S/C11H25NO/c1-6-8(2)7-9(3)12-10(4)11(5)13/h8-13H,6-7H2,1-5H3. The maximum absolute atomic E-state index is 9.30. The fourth-order valence-corrected chi connectivity index (χ4v) is 1.43. The van der Waals surface area contributed by atoms with Gasteiger partial charge in [0.1, 0.15) is 0 Å². The topological polar surface area (TPSA) is 32.3 Å². The van der Waals surface area contributed by atoms with E-state index in [0.717, 1.165) is 5.92 Å². The van der Waals surface area contributed by atoms with Crippen molar-refractivity contribution in [2.75, 3.05) is 0 Å². The van der Waals surface area contributed by atoms with Crippen LogP contribution < -0.4 is 5.32 Å². The van der Waals surface area contributed by atoms with Crippen molar-refractivity contribution in [1.29, 1.82) is 0 Å². The van der Waals surface area contributed by atoms with Crippen molar-refractivity contribution in [3.8, 4) is 0 Å². The molecular weight excluding hydrogens is 162 g/mol. The van der Waals surface area contributed by atoms with Crippen molar-refractivity contribution in [2.24, 2.45) is 5.92 Å². The van der Waals surface area contributed by atoms with Crippen LogP contribution in [0.2, 0.25) is 0 Å². The normalized spacial score (nSPS) is 20.8. The highest BCUT2D eigenvalue weighted by Gasteiger charge is 2.13. The monoisotopic (exact) mass is 187 g/mol. The van der Waals surface area contributed by atoms with Crippen LogP contribution in [-0.2, 0) is 0 Å². The second-order valence-electron chi connectivity index (χ2n) is 4.35. The van der Waals surface area contributed by atoms with Gasteiger partial charge in [0, 0.05) is 12.1 Å². The molecule has 0 aliphatic rings. The smallest absolute Gasteiger partial charge is 0.0662 e. The summed E-state index contributed by atoms with van der Waals surface area (Å²) in [5.74, 6) is 0.767. The molecule has 4 unspecified atom stereocenters. The van der Waals surface area contributed by atoms with Gasteiger partial charge in [0.25, 0.3) is 0 Å². The first kappa shape index (κ1) is 12.9. The summed E-state index contributed by atoms with van der Waals surface area (Å²) in [6.45, 7) is 10.5. The van der Waals surface area contributed by atoms with Crippen LogP contribution in [0.1, 0.15) is 47.5 Å². The van der Waals surface area contributed by atoms with Crippen LogP contribution in [0.15, 0.2) is 0 Å². The number of hydrogen-bond acceptors (Lipinski definition) is 2. The SMILES string of the molecule is CCC(C)CC(C)NC(C)C(C)O. The van der Waals surface area contributed by atoms with Crippen LogP contribution in [0, 0.1) is 5.92 Å². The predicted octanol–water partition coefficient (Wildman–Crippen LogP) is 2.17. The number of aliphatic hydroxyl groups is 1. The van der Waals surface area contributed by atoms with E-state index >= 15 is 0 Å². The van der Waals surface area contributed by atoms with E-state index < -0.39 is 0 Å². The zero-order valence-electron chi connectivity index (χ0n) is 9.67. The Labute approximate surface area is 82.7 Å². The summed E-state index contributed by atoms with van der Waals surface area (Å²) >= 11 is 0. The van der Waals surface area contributed by atoms with E-state index in [1.807, 2.05) is 13.8 Å². The Morgan fingerprint density at radius 2 is 1.69 bits per heavy atom. The van der Waals surface area contributed by atoms with Crippen LogP contribution in [0.4, 0.5) is 0 Å². The van der Waals surface area contributed by atoms with Gasteiger partial charge in [-0.15, -0.1) is 0 Å². The van der Waals surface area contributed by atoms with Crippen molar-refractivity contribution in [3.63, 3.8) is 0 Å². The third-order valence-corrected chi connectivity index (χ3v) is 2.72. The second-order valence-corrected chi connectivity index (χ2v) is 4.35. The first-order valence-corrected chi connectivity index (χ1v) is 5.41. The highest BCUT2D eigenvalue weighted by molar-refractivity contribution is 4.72. The molecule has 2 N–H and O–H groups in total. The average molecular weight is 187 g/mol. The molecule has 0 aromatic carbocycles. The van der Waals surface area contributed by atoms with Gasteiger partial charge in [0.15, 0.2) is 0 Å². The Morgan fingerprint density at radius 1 is 1.15 bits per heavy atom. The summed E-state index contributed by atoms with van der Waals surface area (Å²) in [6, 6.07) is 0.693. The molecular formula is C11H25NO. The Hall–Kier alpha value is -0.0800. The zero-order chi connectivity index (χ0) is 10.4. The average Bonchev–Trinajstić information content (AvgIpc) is 2.03. The molecule has 2 heteroatoms.